The Morgan fingerprint density at radius 1 is 1.19 bits per heavy atom. The van der Waals surface area contributed by atoms with Crippen LogP contribution in [-0.4, -0.2) is 53.1 Å². The molecule has 3 heterocycles. The molecule has 8 heteroatoms. The summed E-state index contributed by atoms with van der Waals surface area (Å²) in [5, 5.41) is 1.89. The zero-order chi connectivity index (χ0) is 18.8. The molecule has 0 amide bonds. The van der Waals surface area contributed by atoms with Gasteiger partial charge >= 0.3 is 0 Å². The van der Waals surface area contributed by atoms with Crippen molar-refractivity contribution in [3.63, 3.8) is 0 Å². The molecular formula is C19H21FN4O2S. The van der Waals surface area contributed by atoms with E-state index in [2.05, 4.69) is 19.8 Å². The smallest absolute Gasteiger partial charge is 0.268 e. The maximum absolute atomic E-state index is 13.8. The van der Waals surface area contributed by atoms with Gasteiger partial charge in [-0.05, 0) is 29.1 Å². The molecule has 0 spiro atoms. The molecule has 1 aliphatic heterocycles. The quantitative estimate of drug-likeness (QED) is 0.728. The third kappa shape index (κ3) is 4.02. The first-order valence-electron chi connectivity index (χ1n) is 8.86. The number of aromatic nitrogens is 2. The first-order valence-corrected chi connectivity index (χ1v) is 9.74. The molecule has 3 aromatic rings. The average molecular weight is 388 g/mol. The molecule has 2 aromatic heterocycles. The number of thiophene rings is 1. The molecular weight excluding hydrogens is 367 g/mol. The molecule has 0 bridgehead atoms. The van der Waals surface area contributed by atoms with Crippen LogP contribution in [0.5, 0.6) is 5.75 Å². The summed E-state index contributed by atoms with van der Waals surface area (Å²) in [4.78, 5) is 24.1. The molecule has 0 radical (unpaired) electrons. The van der Waals surface area contributed by atoms with Crippen LogP contribution in [0.2, 0.25) is 0 Å². The molecule has 142 valence electrons. The number of hydrogen-bond acceptors (Lipinski definition) is 6. The Bertz CT molecular complexity index is 995. The van der Waals surface area contributed by atoms with Crippen LogP contribution in [0.25, 0.3) is 10.2 Å². The first-order chi connectivity index (χ1) is 13.1. The monoisotopic (exact) mass is 388 g/mol. The van der Waals surface area contributed by atoms with E-state index in [4.69, 9.17) is 4.74 Å². The minimum atomic E-state index is -0.326. The molecule has 1 aromatic carbocycles. The van der Waals surface area contributed by atoms with Crippen LogP contribution < -0.4 is 10.3 Å². The van der Waals surface area contributed by atoms with Crippen LogP contribution in [0.4, 0.5) is 4.39 Å². The summed E-state index contributed by atoms with van der Waals surface area (Å²) in [7, 11) is 1.47. The van der Waals surface area contributed by atoms with E-state index in [1.54, 1.807) is 6.07 Å². The molecule has 1 aliphatic rings. The van der Waals surface area contributed by atoms with E-state index in [9.17, 15) is 9.18 Å². The van der Waals surface area contributed by atoms with Gasteiger partial charge in [0.2, 0.25) is 0 Å². The first kappa shape index (κ1) is 18.1. The number of ether oxygens (including phenoxy) is 1. The molecule has 4 rings (SSSR count). The lowest BCUT2D eigenvalue weighted by atomic mass is 10.2. The number of halogens is 1. The third-order valence-corrected chi connectivity index (χ3v) is 5.73. The molecule has 0 aliphatic carbocycles. The molecule has 1 fully saturated rings. The zero-order valence-electron chi connectivity index (χ0n) is 15.1. The summed E-state index contributed by atoms with van der Waals surface area (Å²) >= 11 is 1.41. The summed E-state index contributed by atoms with van der Waals surface area (Å²) in [5.41, 5.74) is 1.64. The minimum Gasteiger partial charge on any atom is -0.494 e. The topological polar surface area (TPSA) is 61.5 Å². The second kappa shape index (κ2) is 7.75. The van der Waals surface area contributed by atoms with Gasteiger partial charge in [0, 0.05) is 32.7 Å². The van der Waals surface area contributed by atoms with Gasteiger partial charge in [0.15, 0.2) is 11.6 Å². The van der Waals surface area contributed by atoms with Crippen molar-refractivity contribution >= 4 is 21.6 Å². The van der Waals surface area contributed by atoms with Gasteiger partial charge in [-0.2, -0.15) is 0 Å². The molecule has 1 N–H and O–H groups in total. The van der Waals surface area contributed by atoms with Gasteiger partial charge in [0.05, 0.1) is 19.2 Å². The highest BCUT2D eigenvalue weighted by molar-refractivity contribution is 7.17. The lowest BCUT2D eigenvalue weighted by molar-refractivity contribution is 0.120. The van der Waals surface area contributed by atoms with Gasteiger partial charge in [0.1, 0.15) is 10.5 Å². The number of nitrogens with zero attached hydrogens (tertiary/aromatic N) is 3. The summed E-state index contributed by atoms with van der Waals surface area (Å²) in [6.45, 7) is 4.88. The van der Waals surface area contributed by atoms with E-state index in [1.807, 2.05) is 17.5 Å². The molecule has 27 heavy (non-hydrogen) atoms. The lowest BCUT2D eigenvalue weighted by Crippen LogP contribution is -2.45. The van der Waals surface area contributed by atoms with Crippen molar-refractivity contribution in [3.8, 4) is 5.75 Å². The Morgan fingerprint density at radius 2 is 1.93 bits per heavy atom. The van der Waals surface area contributed by atoms with Crippen molar-refractivity contribution < 1.29 is 9.13 Å². The highest BCUT2D eigenvalue weighted by Gasteiger charge is 2.19. The molecule has 6 nitrogen and oxygen atoms in total. The fraction of sp³-hybridized carbons (Fsp3) is 0.368. The summed E-state index contributed by atoms with van der Waals surface area (Å²) in [6, 6.07) is 6.99. The molecule has 1 saturated heterocycles. The van der Waals surface area contributed by atoms with E-state index in [-0.39, 0.29) is 17.1 Å². The van der Waals surface area contributed by atoms with E-state index in [1.165, 1.54) is 24.5 Å². The largest absolute Gasteiger partial charge is 0.494 e. The molecule has 0 saturated carbocycles. The number of methoxy groups -OCH3 is 1. The Balaban J connectivity index is 1.34. The Morgan fingerprint density at radius 3 is 2.63 bits per heavy atom. The Hall–Kier alpha value is -2.29. The Kier molecular flexibility index (Phi) is 5.20. The van der Waals surface area contributed by atoms with E-state index in [0.29, 0.717) is 23.6 Å². The summed E-state index contributed by atoms with van der Waals surface area (Å²) in [6.07, 6.45) is 0. The molecule has 0 atom stereocenters. The van der Waals surface area contributed by atoms with Crippen LogP contribution in [0.3, 0.4) is 0 Å². The summed E-state index contributed by atoms with van der Waals surface area (Å²) < 4.78 is 19.5. The lowest BCUT2D eigenvalue weighted by Gasteiger charge is -2.34. The number of hydrogen-bond donors (Lipinski definition) is 1. The predicted octanol–water partition coefficient (Wildman–Crippen LogP) is 2.45. The van der Waals surface area contributed by atoms with Gasteiger partial charge in [0.25, 0.3) is 5.56 Å². The van der Waals surface area contributed by atoms with Crippen molar-refractivity contribution in [1.82, 2.24) is 19.8 Å². The fourth-order valence-electron chi connectivity index (χ4n) is 3.38. The SMILES string of the molecule is COc1ccc(CN2CCN(Cc3nc4ccsc4c(=O)[nH]3)CC2)cc1F. The van der Waals surface area contributed by atoms with Crippen molar-refractivity contribution in [2.24, 2.45) is 0 Å². The minimum absolute atomic E-state index is 0.0647. The number of nitrogens with one attached hydrogen (secondary N) is 1. The van der Waals surface area contributed by atoms with E-state index >= 15 is 0 Å². The van der Waals surface area contributed by atoms with Gasteiger partial charge in [-0.1, -0.05) is 6.07 Å². The zero-order valence-corrected chi connectivity index (χ0v) is 15.9. The number of rotatable bonds is 5. The normalized spacial score (nSPS) is 16.1. The third-order valence-electron chi connectivity index (χ3n) is 4.82. The van der Waals surface area contributed by atoms with Crippen LogP contribution in [-0.2, 0) is 13.1 Å². The number of fused-ring (bicyclic) bond motifs is 1. The standard InChI is InChI=1S/C19H21FN4O2S/c1-26-16-3-2-13(10-14(16)20)11-23-5-7-24(8-6-23)12-17-21-15-4-9-27-18(15)19(25)22-17/h2-4,9-10H,5-8,11-12H2,1H3,(H,21,22,25). The number of benzene rings is 1. The number of aromatic amines is 1. The highest BCUT2D eigenvalue weighted by atomic mass is 32.1. The van der Waals surface area contributed by atoms with Crippen molar-refractivity contribution in [2.45, 2.75) is 13.1 Å². The van der Waals surface area contributed by atoms with Gasteiger partial charge < -0.3 is 9.72 Å². The Labute approximate surface area is 160 Å². The molecule has 0 unspecified atom stereocenters. The van der Waals surface area contributed by atoms with E-state index in [0.717, 1.165) is 37.3 Å². The second-order valence-corrected chi connectivity index (χ2v) is 7.58. The van der Waals surface area contributed by atoms with Gasteiger partial charge in [-0.3, -0.25) is 14.6 Å². The van der Waals surface area contributed by atoms with Crippen LogP contribution >= 0.6 is 11.3 Å². The van der Waals surface area contributed by atoms with Gasteiger partial charge in [-0.15, -0.1) is 11.3 Å². The van der Waals surface area contributed by atoms with E-state index < -0.39 is 0 Å². The number of piperazine rings is 1. The summed E-state index contributed by atoms with van der Waals surface area (Å²) in [5.74, 6) is 0.650. The van der Waals surface area contributed by atoms with Crippen molar-refractivity contribution in [1.29, 1.82) is 0 Å². The van der Waals surface area contributed by atoms with Crippen molar-refractivity contribution in [2.75, 3.05) is 33.3 Å². The van der Waals surface area contributed by atoms with Crippen LogP contribution in [0, 0.1) is 5.82 Å². The number of H-pyrrole nitrogens is 1. The predicted molar refractivity (Wildman–Crippen MR) is 104 cm³/mol. The van der Waals surface area contributed by atoms with Gasteiger partial charge in [-0.25, -0.2) is 9.37 Å². The fourth-order valence-corrected chi connectivity index (χ4v) is 4.11. The van der Waals surface area contributed by atoms with Crippen LogP contribution in [0.15, 0.2) is 34.4 Å². The average Bonchev–Trinajstić information content (AvgIpc) is 3.13. The van der Waals surface area contributed by atoms with Crippen molar-refractivity contribution in [3.05, 3.63) is 57.2 Å². The van der Waals surface area contributed by atoms with Crippen LogP contribution in [0.1, 0.15) is 11.4 Å². The maximum Gasteiger partial charge on any atom is 0.268 e. The maximum atomic E-state index is 13.8. The second-order valence-electron chi connectivity index (χ2n) is 6.67. The highest BCUT2D eigenvalue weighted by Crippen LogP contribution is 2.19.